The number of hydrogen-bond donors (Lipinski definition) is 2. The zero-order valence-electron chi connectivity index (χ0n) is 12.6. The van der Waals surface area contributed by atoms with Crippen LogP contribution in [0.5, 0.6) is 11.5 Å². The number of guanidine groups is 1. The molecule has 5 nitrogen and oxygen atoms in total. The van der Waals surface area contributed by atoms with Gasteiger partial charge < -0.3 is 20.5 Å². The summed E-state index contributed by atoms with van der Waals surface area (Å²) in [4.78, 5) is 4.27. The molecular weight excluding hydrogens is 254 g/mol. The number of aliphatic imine (C=N–C) groups is 1. The smallest absolute Gasteiger partial charge is 0.193 e. The lowest BCUT2D eigenvalue weighted by atomic mass is 10.2. The molecule has 0 bridgehead atoms. The van der Waals surface area contributed by atoms with Gasteiger partial charge in [-0.05, 0) is 32.4 Å². The molecule has 0 aliphatic carbocycles. The highest BCUT2D eigenvalue weighted by Crippen LogP contribution is 2.29. The molecule has 0 fully saturated rings. The number of benzene rings is 1. The molecule has 0 aliphatic heterocycles. The fourth-order valence-electron chi connectivity index (χ4n) is 1.68. The van der Waals surface area contributed by atoms with Crippen LogP contribution in [-0.4, -0.2) is 25.7 Å². The molecule has 20 heavy (non-hydrogen) atoms. The van der Waals surface area contributed by atoms with E-state index in [9.17, 15) is 0 Å². The average Bonchev–Trinajstić information content (AvgIpc) is 2.42. The van der Waals surface area contributed by atoms with E-state index in [0.717, 1.165) is 36.6 Å². The van der Waals surface area contributed by atoms with Crippen molar-refractivity contribution in [2.24, 2.45) is 10.7 Å². The molecule has 1 rings (SSSR count). The Labute approximate surface area is 121 Å². The Morgan fingerprint density at radius 3 is 2.60 bits per heavy atom. The van der Waals surface area contributed by atoms with Crippen molar-refractivity contribution in [1.82, 2.24) is 0 Å². The summed E-state index contributed by atoms with van der Waals surface area (Å²) in [6.45, 7) is 7.95. The van der Waals surface area contributed by atoms with Crippen molar-refractivity contribution in [3.8, 4) is 11.5 Å². The third kappa shape index (κ3) is 5.38. The minimum Gasteiger partial charge on any atom is -0.494 e. The molecule has 0 amide bonds. The quantitative estimate of drug-likeness (QED) is 0.436. The molecule has 0 unspecified atom stereocenters. The SMILES string of the molecule is CCCCN=C(N)Nc1cc(OCC)ccc1OCC. The molecule has 0 atom stereocenters. The van der Waals surface area contributed by atoms with Crippen LogP contribution in [0, 0.1) is 0 Å². The highest BCUT2D eigenvalue weighted by Gasteiger charge is 2.06. The largest absolute Gasteiger partial charge is 0.494 e. The van der Waals surface area contributed by atoms with Crippen molar-refractivity contribution in [3.05, 3.63) is 18.2 Å². The number of anilines is 1. The van der Waals surface area contributed by atoms with Crippen molar-refractivity contribution in [2.45, 2.75) is 33.6 Å². The molecule has 1 aromatic carbocycles. The third-order valence-electron chi connectivity index (χ3n) is 2.62. The van der Waals surface area contributed by atoms with E-state index in [4.69, 9.17) is 15.2 Å². The highest BCUT2D eigenvalue weighted by atomic mass is 16.5. The van der Waals surface area contributed by atoms with Crippen LogP contribution in [0.25, 0.3) is 0 Å². The monoisotopic (exact) mass is 279 g/mol. The maximum Gasteiger partial charge on any atom is 0.193 e. The first kappa shape index (κ1) is 16.1. The molecule has 0 spiro atoms. The molecule has 0 saturated carbocycles. The van der Waals surface area contributed by atoms with Gasteiger partial charge in [-0.25, -0.2) is 0 Å². The zero-order valence-corrected chi connectivity index (χ0v) is 12.6. The van der Waals surface area contributed by atoms with E-state index in [1.807, 2.05) is 32.0 Å². The maximum absolute atomic E-state index is 5.88. The Hall–Kier alpha value is -1.91. The van der Waals surface area contributed by atoms with Gasteiger partial charge in [0.15, 0.2) is 5.96 Å². The van der Waals surface area contributed by atoms with Crippen molar-refractivity contribution >= 4 is 11.6 Å². The van der Waals surface area contributed by atoms with E-state index in [0.29, 0.717) is 19.2 Å². The van der Waals surface area contributed by atoms with Crippen LogP contribution in [0.2, 0.25) is 0 Å². The van der Waals surface area contributed by atoms with Crippen molar-refractivity contribution in [2.75, 3.05) is 25.1 Å². The first-order valence-corrected chi connectivity index (χ1v) is 7.17. The third-order valence-corrected chi connectivity index (χ3v) is 2.62. The molecule has 3 N–H and O–H groups in total. The van der Waals surface area contributed by atoms with E-state index in [1.165, 1.54) is 0 Å². The van der Waals surface area contributed by atoms with Gasteiger partial charge in [0.05, 0.1) is 18.9 Å². The summed E-state index contributed by atoms with van der Waals surface area (Å²) < 4.78 is 11.1. The standard InChI is InChI=1S/C15H25N3O2/c1-4-7-10-17-15(16)18-13-11-12(19-5-2)8-9-14(13)20-6-3/h8-9,11H,4-7,10H2,1-3H3,(H3,16,17,18). The van der Waals surface area contributed by atoms with Crippen molar-refractivity contribution in [3.63, 3.8) is 0 Å². The van der Waals surface area contributed by atoms with Gasteiger partial charge in [-0.2, -0.15) is 0 Å². The van der Waals surface area contributed by atoms with Crippen LogP contribution < -0.4 is 20.5 Å². The van der Waals surface area contributed by atoms with Gasteiger partial charge in [0.1, 0.15) is 11.5 Å². The Morgan fingerprint density at radius 2 is 1.95 bits per heavy atom. The van der Waals surface area contributed by atoms with Crippen LogP contribution in [0.1, 0.15) is 33.6 Å². The fourth-order valence-corrected chi connectivity index (χ4v) is 1.68. The molecule has 0 saturated heterocycles. The lowest BCUT2D eigenvalue weighted by molar-refractivity contribution is 0.332. The molecule has 5 heteroatoms. The van der Waals surface area contributed by atoms with E-state index in [2.05, 4.69) is 17.2 Å². The first-order chi connectivity index (χ1) is 9.71. The summed E-state index contributed by atoms with van der Waals surface area (Å²) >= 11 is 0. The van der Waals surface area contributed by atoms with E-state index in [1.54, 1.807) is 0 Å². The molecule has 0 aliphatic rings. The van der Waals surface area contributed by atoms with Crippen LogP contribution in [-0.2, 0) is 0 Å². The second-order valence-electron chi connectivity index (χ2n) is 4.27. The van der Waals surface area contributed by atoms with Gasteiger partial charge in [0, 0.05) is 12.6 Å². The Balaban J connectivity index is 2.82. The number of nitrogens with two attached hydrogens (primary N) is 1. The number of unbranched alkanes of at least 4 members (excludes halogenated alkanes) is 1. The molecule has 0 heterocycles. The average molecular weight is 279 g/mol. The predicted molar refractivity (Wildman–Crippen MR) is 83.8 cm³/mol. The Kier molecular flexibility index (Phi) is 7.32. The van der Waals surface area contributed by atoms with E-state index >= 15 is 0 Å². The summed E-state index contributed by atoms with van der Waals surface area (Å²) in [5.41, 5.74) is 6.65. The predicted octanol–water partition coefficient (Wildman–Crippen LogP) is 3.01. The van der Waals surface area contributed by atoms with Gasteiger partial charge in [-0.3, -0.25) is 4.99 Å². The molecule has 0 radical (unpaired) electrons. The number of ether oxygens (including phenoxy) is 2. The lowest BCUT2D eigenvalue weighted by Gasteiger charge is -2.13. The Bertz CT molecular complexity index is 433. The topological polar surface area (TPSA) is 68.9 Å². The number of nitrogens with one attached hydrogen (secondary N) is 1. The number of rotatable bonds is 8. The molecule has 1 aromatic rings. The minimum absolute atomic E-state index is 0.396. The second kappa shape index (κ2) is 9.07. The lowest BCUT2D eigenvalue weighted by Crippen LogP contribution is -2.23. The first-order valence-electron chi connectivity index (χ1n) is 7.17. The van der Waals surface area contributed by atoms with E-state index in [-0.39, 0.29) is 0 Å². The van der Waals surface area contributed by atoms with Gasteiger partial charge in [0.25, 0.3) is 0 Å². The zero-order chi connectivity index (χ0) is 14.8. The van der Waals surface area contributed by atoms with E-state index < -0.39 is 0 Å². The van der Waals surface area contributed by atoms with Gasteiger partial charge in [-0.15, -0.1) is 0 Å². The van der Waals surface area contributed by atoms with Crippen molar-refractivity contribution in [1.29, 1.82) is 0 Å². The van der Waals surface area contributed by atoms with Crippen LogP contribution in [0.3, 0.4) is 0 Å². The Morgan fingerprint density at radius 1 is 1.20 bits per heavy atom. The number of nitrogens with zero attached hydrogens (tertiary/aromatic N) is 1. The normalized spacial score (nSPS) is 11.2. The maximum atomic E-state index is 5.88. The van der Waals surface area contributed by atoms with Crippen LogP contribution >= 0.6 is 0 Å². The second-order valence-corrected chi connectivity index (χ2v) is 4.27. The summed E-state index contributed by atoms with van der Waals surface area (Å²) in [5, 5.41) is 3.08. The van der Waals surface area contributed by atoms with Gasteiger partial charge in [0.2, 0.25) is 0 Å². The molecule has 0 aromatic heterocycles. The highest BCUT2D eigenvalue weighted by molar-refractivity contribution is 5.94. The summed E-state index contributed by atoms with van der Waals surface area (Å²) in [6.07, 6.45) is 2.13. The molecule has 112 valence electrons. The van der Waals surface area contributed by atoms with Crippen LogP contribution in [0.4, 0.5) is 5.69 Å². The minimum atomic E-state index is 0.396. The summed E-state index contributed by atoms with van der Waals surface area (Å²) in [7, 11) is 0. The van der Waals surface area contributed by atoms with Crippen molar-refractivity contribution < 1.29 is 9.47 Å². The summed E-state index contributed by atoms with van der Waals surface area (Å²) in [5.74, 6) is 1.91. The summed E-state index contributed by atoms with van der Waals surface area (Å²) in [6, 6.07) is 5.62. The molecular formula is C15H25N3O2. The van der Waals surface area contributed by atoms with Gasteiger partial charge in [-0.1, -0.05) is 13.3 Å². The fraction of sp³-hybridized carbons (Fsp3) is 0.533. The van der Waals surface area contributed by atoms with Gasteiger partial charge >= 0.3 is 0 Å². The number of hydrogen-bond acceptors (Lipinski definition) is 3. The van der Waals surface area contributed by atoms with Crippen LogP contribution in [0.15, 0.2) is 23.2 Å².